The Morgan fingerprint density at radius 1 is 0.778 bits per heavy atom. The monoisotopic (exact) mass is 372 g/mol. The van der Waals surface area contributed by atoms with Gasteiger partial charge in [0, 0.05) is 11.5 Å². The highest BCUT2D eigenvalue weighted by molar-refractivity contribution is 6.70. The Kier molecular flexibility index (Phi) is 6.31. The number of hydrogen-bond acceptors (Lipinski definition) is 1. The predicted molar refractivity (Wildman–Crippen MR) is 118 cm³/mol. The Labute approximate surface area is 164 Å². The minimum Gasteiger partial charge on any atom is -0.544 e. The fourth-order valence-electron chi connectivity index (χ4n) is 3.15. The first kappa shape index (κ1) is 19.2. The molecule has 1 nitrogen and oxygen atoms in total. The SMILES string of the molecule is C[Si](C)(C)O/C(=C\C(Cc1ccccc1)c1ccccc1)c1ccccc1. The molecule has 3 rings (SSSR count). The third kappa shape index (κ3) is 5.97. The second-order valence-electron chi connectivity index (χ2n) is 7.82. The molecule has 138 valence electrons. The summed E-state index contributed by atoms with van der Waals surface area (Å²) in [6, 6.07) is 31.9. The molecule has 0 spiro atoms. The maximum Gasteiger partial charge on any atom is 0.242 e. The van der Waals surface area contributed by atoms with Crippen molar-refractivity contribution < 1.29 is 4.43 Å². The van der Waals surface area contributed by atoms with Crippen LogP contribution in [0.4, 0.5) is 0 Å². The lowest BCUT2D eigenvalue weighted by Gasteiger charge is -2.24. The van der Waals surface area contributed by atoms with E-state index in [0.29, 0.717) is 0 Å². The summed E-state index contributed by atoms with van der Waals surface area (Å²) in [5.74, 6) is 1.26. The highest BCUT2D eigenvalue weighted by Gasteiger charge is 2.20. The van der Waals surface area contributed by atoms with Gasteiger partial charge in [-0.2, -0.15) is 0 Å². The molecule has 0 radical (unpaired) electrons. The van der Waals surface area contributed by atoms with Gasteiger partial charge in [0.25, 0.3) is 0 Å². The zero-order valence-corrected chi connectivity index (χ0v) is 17.4. The summed E-state index contributed by atoms with van der Waals surface area (Å²) >= 11 is 0. The van der Waals surface area contributed by atoms with Crippen molar-refractivity contribution >= 4 is 14.1 Å². The second-order valence-corrected chi connectivity index (χ2v) is 12.2. The third-order valence-electron chi connectivity index (χ3n) is 4.35. The summed E-state index contributed by atoms with van der Waals surface area (Å²) in [6.07, 6.45) is 3.27. The summed E-state index contributed by atoms with van der Waals surface area (Å²) in [6.45, 7) is 6.70. The van der Waals surface area contributed by atoms with Gasteiger partial charge in [0.05, 0.1) is 0 Å². The van der Waals surface area contributed by atoms with Crippen molar-refractivity contribution in [3.05, 3.63) is 114 Å². The van der Waals surface area contributed by atoms with Gasteiger partial charge < -0.3 is 4.43 Å². The van der Waals surface area contributed by atoms with Crippen LogP contribution in [0.15, 0.2) is 97.1 Å². The van der Waals surface area contributed by atoms with Crippen LogP contribution in [0.5, 0.6) is 0 Å². The molecule has 0 saturated heterocycles. The number of benzene rings is 3. The highest BCUT2D eigenvalue weighted by Crippen LogP contribution is 2.29. The lowest BCUT2D eigenvalue weighted by atomic mass is 9.90. The summed E-state index contributed by atoms with van der Waals surface area (Å²) in [7, 11) is -1.73. The van der Waals surface area contributed by atoms with Crippen LogP contribution in [0.1, 0.15) is 22.6 Å². The Bertz CT molecular complexity index is 849. The molecule has 27 heavy (non-hydrogen) atoms. The van der Waals surface area contributed by atoms with Crippen molar-refractivity contribution in [3.8, 4) is 0 Å². The standard InChI is InChI=1S/C25H28OSi/c1-27(2,3)26-25(23-17-11-6-12-18-23)20-24(22-15-9-5-10-16-22)19-21-13-7-4-8-14-21/h4-18,20,24H,19H2,1-3H3/b25-20-. The van der Waals surface area contributed by atoms with Crippen molar-refractivity contribution in [2.24, 2.45) is 0 Å². The van der Waals surface area contributed by atoms with E-state index in [1.165, 1.54) is 11.1 Å². The van der Waals surface area contributed by atoms with E-state index < -0.39 is 8.32 Å². The topological polar surface area (TPSA) is 9.23 Å². The molecule has 0 amide bonds. The Morgan fingerprint density at radius 3 is 1.85 bits per heavy atom. The minimum atomic E-state index is -1.73. The molecular weight excluding hydrogens is 344 g/mol. The van der Waals surface area contributed by atoms with E-state index >= 15 is 0 Å². The largest absolute Gasteiger partial charge is 0.544 e. The molecular formula is C25H28OSi. The average Bonchev–Trinajstić information content (AvgIpc) is 2.68. The smallest absolute Gasteiger partial charge is 0.242 e. The number of allylic oxidation sites excluding steroid dienone is 1. The molecule has 0 heterocycles. The molecule has 3 aromatic rings. The first-order valence-corrected chi connectivity index (χ1v) is 13.0. The number of hydrogen-bond donors (Lipinski definition) is 0. The molecule has 1 atom stereocenters. The van der Waals surface area contributed by atoms with E-state index in [1.54, 1.807) is 0 Å². The van der Waals surface area contributed by atoms with Crippen molar-refractivity contribution in [2.45, 2.75) is 32.0 Å². The van der Waals surface area contributed by atoms with Gasteiger partial charge in [0.1, 0.15) is 5.76 Å². The van der Waals surface area contributed by atoms with Crippen LogP contribution in [-0.4, -0.2) is 8.32 Å². The zero-order valence-electron chi connectivity index (χ0n) is 16.4. The molecule has 2 heteroatoms. The second kappa shape index (κ2) is 8.87. The first-order valence-electron chi connectivity index (χ1n) is 9.56. The normalized spacial score (nSPS) is 13.2. The molecule has 0 aliphatic rings. The van der Waals surface area contributed by atoms with Crippen LogP contribution in [0.2, 0.25) is 19.6 Å². The molecule has 3 aromatic carbocycles. The molecule has 0 fully saturated rings. The lowest BCUT2D eigenvalue weighted by molar-refractivity contribution is 0.510. The van der Waals surface area contributed by atoms with Gasteiger partial charge in [0.15, 0.2) is 0 Å². The van der Waals surface area contributed by atoms with Gasteiger partial charge in [-0.3, -0.25) is 0 Å². The Morgan fingerprint density at radius 2 is 1.30 bits per heavy atom. The molecule has 0 aliphatic carbocycles. The van der Waals surface area contributed by atoms with Crippen LogP contribution in [0.3, 0.4) is 0 Å². The van der Waals surface area contributed by atoms with Crippen molar-refractivity contribution in [1.82, 2.24) is 0 Å². The summed E-state index contributed by atoms with van der Waals surface area (Å²) in [4.78, 5) is 0. The summed E-state index contributed by atoms with van der Waals surface area (Å²) < 4.78 is 6.51. The van der Waals surface area contributed by atoms with Gasteiger partial charge in [0.2, 0.25) is 8.32 Å². The fraction of sp³-hybridized carbons (Fsp3) is 0.200. The van der Waals surface area contributed by atoms with E-state index in [4.69, 9.17) is 4.43 Å². The van der Waals surface area contributed by atoms with Crippen LogP contribution in [0, 0.1) is 0 Å². The van der Waals surface area contributed by atoms with E-state index in [9.17, 15) is 0 Å². The summed E-state index contributed by atoms with van der Waals surface area (Å²) in [5, 5.41) is 0. The van der Waals surface area contributed by atoms with Gasteiger partial charge in [-0.1, -0.05) is 91.0 Å². The van der Waals surface area contributed by atoms with Crippen molar-refractivity contribution in [3.63, 3.8) is 0 Å². The average molecular weight is 373 g/mol. The highest BCUT2D eigenvalue weighted by atomic mass is 28.4. The number of rotatable bonds is 7. The van der Waals surface area contributed by atoms with Gasteiger partial charge >= 0.3 is 0 Å². The Balaban J connectivity index is 2.02. The molecule has 0 aromatic heterocycles. The lowest BCUT2D eigenvalue weighted by Crippen LogP contribution is -2.24. The Hall–Kier alpha value is -2.58. The van der Waals surface area contributed by atoms with E-state index in [1.807, 2.05) is 6.07 Å². The van der Waals surface area contributed by atoms with E-state index in [2.05, 4.69) is 111 Å². The molecule has 0 bridgehead atoms. The summed E-state index contributed by atoms with van der Waals surface area (Å²) in [5.41, 5.74) is 3.80. The first-order chi connectivity index (χ1) is 13.0. The van der Waals surface area contributed by atoms with Crippen molar-refractivity contribution in [1.29, 1.82) is 0 Å². The van der Waals surface area contributed by atoms with Gasteiger partial charge in [-0.25, -0.2) is 0 Å². The predicted octanol–water partition coefficient (Wildman–Crippen LogP) is 6.91. The zero-order chi connectivity index (χ0) is 19.1. The van der Waals surface area contributed by atoms with Crippen LogP contribution in [0.25, 0.3) is 5.76 Å². The van der Waals surface area contributed by atoms with Crippen LogP contribution >= 0.6 is 0 Å². The maximum atomic E-state index is 6.51. The van der Waals surface area contributed by atoms with Crippen LogP contribution < -0.4 is 0 Å². The fourth-order valence-corrected chi connectivity index (χ4v) is 3.99. The molecule has 0 saturated carbocycles. The minimum absolute atomic E-state index is 0.264. The van der Waals surface area contributed by atoms with E-state index in [0.717, 1.165) is 17.7 Å². The molecule has 0 aliphatic heterocycles. The van der Waals surface area contributed by atoms with Crippen LogP contribution in [-0.2, 0) is 10.8 Å². The van der Waals surface area contributed by atoms with Gasteiger partial charge in [-0.05, 0) is 43.3 Å². The quantitative estimate of drug-likeness (QED) is 0.323. The maximum absolute atomic E-state index is 6.51. The molecule has 1 unspecified atom stereocenters. The van der Waals surface area contributed by atoms with E-state index in [-0.39, 0.29) is 5.92 Å². The third-order valence-corrected chi connectivity index (χ3v) is 5.19. The van der Waals surface area contributed by atoms with Gasteiger partial charge in [-0.15, -0.1) is 0 Å². The van der Waals surface area contributed by atoms with Crippen molar-refractivity contribution in [2.75, 3.05) is 0 Å². The molecule has 0 N–H and O–H groups in total.